The quantitative estimate of drug-likeness (QED) is 0.773. The van der Waals surface area contributed by atoms with Crippen LogP contribution in [-0.2, 0) is 6.61 Å². The summed E-state index contributed by atoms with van der Waals surface area (Å²) >= 11 is 0. The van der Waals surface area contributed by atoms with Gasteiger partial charge in [-0.25, -0.2) is 4.98 Å². The molecule has 0 saturated heterocycles. The Morgan fingerprint density at radius 1 is 1.42 bits per heavy atom. The van der Waals surface area contributed by atoms with Gasteiger partial charge in [-0.3, -0.25) is 9.89 Å². The fraction of sp³-hybridized carbons (Fsp3) is 0.308. The SMILES string of the molecule is O=C(Nc1ccccc1CO)c1n[nH]c(C2CC2)n1. The van der Waals surface area contributed by atoms with Crippen LogP contribution in [-0.4, -0.2) is 26.2 Å². The van der Waals surface area contributed by atoms with Crippen molar-refractivity contribution in [3.63, 3.8) is 0 Å². The number of carbonyl (C=O) groups is 1. The number of anilines is 1. The van der Waals surface area contributed by atoms with Gasteiger partial charge in [0.15, 0.2) is 0 Å². The minimum atomic E-state index is -0.371. The lowest BCUT2D eigenvalue weighted by Crippen LogP contribution is -2.15. The maximum atomic E-state index is 12.0. The third kappa shape index (κ3) is 2.48. The average Bonchev–Trinajstić information content (AvgIpc) is 3.17. The van der Waals surface area contributed by atoms with Crippen LogP contribution in [0.5, 0.6) is 0 Å². The first kappa shape index (κ1) is 11.9. The molecule has 98 valence electrons. The molecule has 3 N–H and O–H groups in total. The van der Waals surface area contributed by atoms with Gasteiger partial charge in [0.25, 0.3) is 5.91 Å². The van der Waals surface area contributed by atoms with E-state index in [2.05, 4.69) is 20.5 Å². The third-order valence-corrected chi connectivity index (χ3v) is 3.11. The van der Waals surface area contributed by atoms with E-state index in [9.17, 15) is 9.90 Å². The van der Waals surface area contributed by atoms with E-state index in [1.165, 1.54) is 0 Å². The summed E-state index contributed by atoms with van der Waals surface area (Å²) in [6, 6.07) is 7.09. The van der Waals surface area contributed by atoms with Crippen LogP contribution in [0.4, 0.5) is 5.69 Å². The molecule has 0 unspecified atom stereocenters. The van der Waals surface area contributed by atoms with Crippen LogP contribution < -0.4 is 5.32 Å². The van der Waals surface area contributed by atoms with Gasteiger partial charge in [0.2, 0.25) is 5.82 Å². The standard InChI is InChI=1S/C13H14N4O2/c18-7-9-3-1-2-4-10(9)14-13(19)12-15-11(16-17-12)8-5-6-8/h1-4,8,18H,5-7H2,(H,14,19)(H,15,16,17). The molecule has 6 nitrogen and oxygen atoms in total. The molecule has 2 aromatic rings. The zero-order valence-electron chi connectivity index (χ0n) is 10.3. The first-order valence-electron chi connectivity index (χ1n) is 6.20. The highest BCUT2D eigenvalue weighted by Crippen LogP contribution is 2.37. The Morgan fingerprint density at radius 2 is 2.21 bits per heavy atom. The van der Waals surface area contributed by atoms with E-state index >= 15 is 0 Å². The van der Waals surface area contributed by atoms with Crippen molar-refractivity contribution in [2.24, 2.45) is 0 Å². The zero-order chi connectivity index (χ0) is 13.2. The molecule has 0 spiro atoms. The first-order chi connectivity index (χ1) is 9.28. The van der Waals surface area contributed by atoms with Gasteiger partial charge in [-0.05, 0) is 18.9 Å². The molecular formula is C13H14N4O2. The number of hydrogen-bond acceptors (Lipinski definition) is 4. The number of amides is 1. The Hall–Kier alpha value is -2.21. The molecule has 1 amide bonds. The van der Waals surface area contributed by atoms with E-state index in [0.29, 0.717) is 17.2 Å². The molecule has 0 radical (unpaired) electrons. The van der Waals surface area contributed by atoms with Crippen LogP contribution >= 0.6 is 0 Å². The van der Waals surface area contributed by atoms with Gasteiger partial charge in [0.1, 0.15) is 5.82 Å². The number of H-pyrrole nitrogens is 1. The lowest BCUT2D eigenvalue weighted by molar-refractivity contribution is 0.101. The van der Waals surface area contributed by atoms with Crippen LogP contribution in [0.2, 0.25) is 0 Å². The number of aromatic amines is 1. The van der Waals surface area contributed by atoms with Gasteiger partial charge in [0, 0.05) is 17.2 Å². The number of benzene rings is 1. The fourth-order valence-corrected chi connectivity index (χ4v) is 1.87. The van der Waals surface area contributed by atoms with Crippen LogP contribution in [0.25, 0.3) is 0 Å². The van der Waals surface area contributed by atoms with E-state index in [0.717, 1.165) is 18.7 Å². The van der Waals surface area contributed by atoms with E-state index in [4.69, 9.17) is 0 Å². The molecule has 1 aromatic carbocycles. The van der Waals surface area contributed by atoms with Gasteiger partial charge in [-0.15, -0.1) is 5.10 Å². The van der Waals surface area contributed by atoms with E-state index in [1.54, 1.807) is 24.3 Å². The highest BCUT2D eigenvalue weighted by molar-refractivity contribution is 6.01. The monoisotopic (exact) mass is 258 g/mol. The van der Waals surface area contributed by atoms with Crippen LogP contribution in [0.15, 0.2) is 24.3 Å². The summed E-state index contributed by atoms with van der Waals surface area (Å²) in [7, 11) is 0. The summed E-state index contributed by atoms with van der Waals surface area (Å²) < 4.78 is 0. The number of carbonyl (C=O) groups excluding carboxylic acids is 1. The summed E-state index contributed by atoms with van der Waals surface area (Å²) in [4.78, 5) is 16.2. The van der Waals surface area contributed by atoms with E-state index < -0.39 is 0 Å². The number of rotatable bonds is 4. The molecular weight excluding hydrogens is 244 g/mol. The van der Waals surface area contributed by atoms with Gasteiger partial charge < -0.3 is 10.4 Å². The maximum Gasteiger partial charge on any atom is 0.295 e. The van der Waals surface area contributed by atoms with Gasteiger partial charge in [0.05, 0.1) is 6.61 Å². The summed E-state index contributed by atoms with van der Waals surface area (Å²) in [5, 5.41) is 18.6. The molecule has 1 fully saturated rings. The Bertz CT molecular complexity index is 604. The number of nitrogens with zero attached hydrogens (tertiary/aromatic N) is 2. The largest absolute Gasteiger partial charge is 0.392 e. The molecule has 19 heavy (non-hydrogen) atoms. The van der Waals surface area contributed by atoms with Crippen molar-refractivity contribution in [1.82, 2.24) is 15.2 Å². The van der Waals surface area contributed by atoms with Crippen molar-refractivity contribution in [3.05, 3.63) is 41.5 Å². The van der Waals surface area contributed by atoms with Crippen LogP contribution in [0.1, 0.15) is 40.8 Å². The van der Waals surface area contributed by atoms with E-state index in [1.807, 2.05) is 0 Å². The average molecular weight is 258 g/mol. The minimum Gasteiger partial charge on any atom is -0.392 e. The summed E-state index contributed by atoms with van der Waals surface area (Å²) in [6.45, 7) is -0.127. The molecule has 1 aromatic heterocycles. The normalized spacial score (nSPS) is 14.4. The number of aromatic nitrogens is 3. The minimum absolute atomic E-state index is 0.127. The zero-order valence-corrected chi connectivity index (χ0v) is 10.3. The molecule has 0 atom stereocenters. The Labute approximate surface area is 109 Å². The fourth-order valence-electron chi connectivity index (χ4n) is 1.87. The summed E-state index contributed by atoms with van der Waals surface area (Å²) in [5.41, 5.74) is 1.24. The molecule has 1 heterocycles. The summed E-state index contributed by atoms with van der Waals surface area (Å²) in [6.07, 6.45) is 2.20. The second-order valence-corrected chi connectivity index (χ2v) is 4.59. The Morgan fingerprint density at radius 3 is 2.95 bits per heavy atom. The number of aliphatic hydroxyl groups is 1. The van der Waals surface area contributed by atoms with Crippen LogP contribution in [0, 0.1) is 0 Å². The maximum absolute atomic E-state index is 12.0. The van der Waals surface area contributed by atoms with Crippen molar-refractivity contribution < 1.29 is 9.90 Å². The van der Waals surface area contributed by atoms with Crippen molar-refractivity contribution in [1.29, 1.82) is 0 Å². The van der Waals surface area contributed by atoms with Crippen LogP contribution in [0.3, 0.4) is 0 Å². The number of para-hydroxylation sites is 1. The molecule has 1 aliphatic carbocycles. The predicted octanol–water partition coefficient (Wildman–Crippen LogP) is 1.43. The van der Waals surface area contributed by atoms with E-state index in [-0.39, 0.29) is 18.3 Å². The summed E-state index contributed by atoms with van der Waals surface area (Å²) in [5.74, 6) is 0.970. The van der Waals surface area contributed by atoms with Crippen molar-refractivity contribution >= 4 is 11.6 Å². The lowest BCUT2D eigenvalue weighted by Gasteiger charge is -2.07. The van der Waals surface area contributed by atoms with Gasteiger partial charge in [-0.2, -0.15) is 0 Å². The predicted molar refractivity (Wildman–Crippen MR) is 68.7 cm³/mol. The van der Waals surface area contributed by atoms with Crippen molar-refractivity contribution in [2.45, 2.75) is 25.4 Å². The Kier molecular flexibility index (Phi) is 3.00. The number of hydrogen-bond donors (Lipinski definition) is 3. The second-order valence-electron chi connectivity index (χ2n) is 4.59. The molecule has 1 saturated carbocycles. The third-order valence-electron chi connectivity index (χ3n) is 3.11. The van der Waals surface area contributed by atoms with Gasteiger partial charge >= 0.3 is 0 Å². The molecule has 3 rings (SSSR count). The number of nitrogens with one attached hydrogen (secondary N) is 2. The highest BCUT2D eigenvalue weighted by Gasteiger charge is 2.28. The first-order valence-corrected chi connectivity index (χ1v) is 6.20. The van der Waals surface area contributed by atoms with Crippen molar-refractivity contribution in [3.8, 4) is 0 Å². The van der Waals surface area contributed by atoms with Crippen molar-refractivity contribution in [2.75, 3.05) is 5.32 Å². The Balaban J connectivity index is 1.76. The van der Waals surface area contributed by atoms with Gasteiger partial charge in [-0.1, -0.05) is 18.2 Å². The molecule has 0 aliphatic heterocycles. The molecule has 1 aliphatic rings. The topological polar surface area (TPSA) is 90.9 Å². The molecule has 6 heteroatoms. The molecule has 0 bridgehead atoms. The highest BCUT2D eigenvalue weighted by atomic mass is 16.3. The second kappa shape index (κ2) is 4.81. The smallest absolute Gasteiger partial charge is 0.295 e. The number of aliphatic hydroxyl groups excluding tert-OH is 1. The lowest BCUT2D eigenvalue weighted by atomic mass is 10.2.